The number of phosphoric acid groups is 2. The first-order chi connectivity index (χ1) is 42.5. The van der Waals surface area contributed by atoms with Crippen LogP contribution in [0.25, 0.3) is 0 Å². The van der Waals surface area contributed by atoms with E-state index in [9.17, 15) is 43.2 Å². The Morgan fingerprint density at radius 1 is 0.352 bits per heavy atom. The van der Waals surface area contributed by atoms with Gasteiger partial charge in [-0.1, -0.05) is 277 Å². The minimum Gasteiger partial charge on any atom is -0.462 e. The van der Waals surface area contributed by atoms with Gasteiger partial charge in [-0.25, -0.2) is 9.13 Å². The summed E-state index contributed by atoms with van der Waals surface area (Å²) in [6.45, 7) is 7.14. The number of esters is 4. The normalized spacial score (nSPS) is 14.3. The third-order valence-electron chi connectivity index (χ3n) is 15.4. The summed E-state index contributed by atoms with van der Waals surface area (Å²) in [4.78, 5) is 72.4. The summed E-state index contributed by atoms with van der Waals surface area (Å²) in [6, 6.07) is 0. The van der Waals surface area contributed by atoms with Crippen molar-refractivity contribution < 1.29 is 80.2 Å². The second-order valence-electron chi connectivity index (χ2n) is 24.7. The van der Waals surface area contributed by atoms with Crippen LogP contribution in [-0.4, -0.2) is 96.7 Å². The Hall–Kier alpha value is -2.46. The maximum Gasteiger partial charge on any atom is 0.472 e. The molecule has 0 aliphatic carbocycles. The highest BCUT2D eigenvalue weighted by Gasteiger charge is 2.30. The van der Waals surface area contributed by atoms with Gasteiger partial charge >= 0.3 is 39.5 Å². The molecule has 0 aromatic rings. The highest BCUT2D eigenvalue weighted by Crippen LogP contribution is 2.45. The van der Waals surface area contributed by atoms with Gasteiger partial charge in [0, 0.05) is 25.7 Å². The molecule has 88 heavy (non-hydrogen) atoms. The van der Waals surface area contributed by atoms with E-state index < -0.39 is 97.5 Å². The molecule has 518 valence electrons. The number of hydrogen-bond donors (Lipinski definition) is 3. The van der Waals surface area contributed by atoms with E-state index in [1.165, 1.54) is 141 Å². The highest BCUT2D eigenvalue weighted by atomic mass is 31.2. The zero-order valence-corrected chi connectivity index (χ0v) is 58.1. The lowest BCUT2D eigenvalue weighted by atomic mass is 10.0. The Kier molecular flexibility index (Phi) is 60.3. The molecule has 0 aliphatic rings. The van der Waals surface area contributed by atoms with Gasteiger partial charge in [-0.3, -0.25) is 37.3 Å². The van der Waals surface area contributed by atoms with Crippen LogP contribution < -0.4 is 0 Å². The first-order valence-corrected chi connectivity index (χ1v) is 38.4. The molecular weight excluding hydrogens is 1160 g/mol. The van der Waals surface area contributed by atoms with E-state index >= 15 is 0 Å². The Balaban J connectivity index is 5.28. The van der Waals surface area contributed by atoms with Gasteiger partial charge in [0.25, 0.3) is 0 Å². The average Bonchev–Trinajstić information content (AvgIpc) is 3.52. The van der Waals surface area contributed by atoms with Gasteiger partial charge in [0.2, 0.25) is 0 Å². The van der Waals surface area contributed by atoms with Crippen LogP contribution in [0.5, 0.6) is 0 Å². The zero-order valence-electron chi connectivity index (χ0n) is 56.3. The minimum absolute atomic E-state index is 0.0848. The number of aliphatic hydroxyl groups is 1. The van der Waals surface area contributed by atoms with Crippen molar-refractivity contribution in [3.8, 4) is 0 Å². The SMILES string of the molecule is CCCCCC/C=C\C=C/CCCCCCCC(=O)O[C@H](COC(=O)CCCCCCCCCCCC(C)C)COP(=O)(O)OC[C@@H](O)COP(=O)(O)OC[C@@H](COC(=O)CCCCCCCCCCCC)OC(=O)CCCCCCCCCCCCC. The molecule has 3 N–H and O–H groups in total. The molecule has 0 saturated heterocycles. The summed E-state index contributed by atoms with van der Waals surface area (Å²) >= 11 is 0. The number of carbonyl (C=O) groups excluding carboxylic acids is 4. The lowest BCUT2D eigenvalue weighted by molar-refractivity contribution is -0.161. The zero-order chi connectivity index (χ0) is 64.9. The number of ether oxygens (including phenoxy) is 4. The van der Waals surface area contributed by atoms with Gasteiger partial charge in [0.1, 0.15) is 19.3 Å². The maximum atomic E-state index is 13.0. The standard InChI is InChI=1S/C69H130O17P2/c1-6-9-12-15-18-21-24-25-26-27-29-34-40-45-50-55-69(74)86-65(59-80-67(72)53-48-43-38-35-30-31-36-41-46-51-62(4)5)61-84-88(77,78)82-57-63(70)56-81-87(75,76)83-60-64(58-79-66(71)52-47-42-37-32-23-20-17-14-11-8-3)85-68(73)54-49-44-39-33-28-22-19-16-13-10-7-2/h21,24-26,62-65,70H,6-20,22-23,27-61H2,1-5H3,(H,75,76)(H,77,78)/b24-21-,26-25-/t63-,64+,65+/m0/s1. The van der Waals surface area contributed by atoms with Crippen LogP contribution in [0.3, 0.4) is 0 Å². The van der Waals surface area contributed by atoms with Gasteiger partial charge in [-0.05, 0) is 57.3 Å². The number of carbonyl (C=O) groups is 4. The molecule has 0 spiro atoms. The van der Waals surface area contributed by atoms with Crippen LogP contribution in [0.1, 0.15) is 330 Å². The first-order valence-electron chi connectivity index (χ1n) is 35.5. The van der Waals surface area contributed by atoms with E-state index in [0.717, 1.165) is 109 Å². The van der Waals surface area contributed by atoms with Crippen molar-refractivity contribution in [1.29, 1.82) is 0 Å². The molecule has 0 heterocycles. The second kappa shape index (κ2) is 62.0. The van der Waals surface area contributed by atoms with Gasteiger partial charge in [0.15, 0.2) is 12.2 Å². The molecule has 0 bridgehead atoms. The van der Waals surface area contributed by atoms with E-state index in [1.807, 2.05) is 0 Å². The molecule has 5 atom stereocenters. The molecule has 0 radical (unpaired) electrons. The number of hydrogen-bond acceptors (Lipinski definition) is 15. The Labute approximate surface area is 535 Å². The molecule has 2 unspecified atom stereocenters. The van der Waals surface area contributed by atoms with Crippen LogP contribution in [-0.2, 0) is 65.4 Å². The van der Waals surface area contributed by atoms with Crippen molar-refractivity contribution in [2.24, 2.45) is 5.92 Å². The number of allylic oxidation sites excluding steroid dienone is 4. The molecule has 0 aromatic heterocycles. The Morgan fingerprint density at radius 3 is 0.932 bits per heavy atom. The number of phosphoric ester groups is 2. The molecule has 0 rings (SSSR count). The van der Waals surface area contributed by atoms with Crippen molar-refractivity contribution >= 4 is 39.5 Å². The summed E-state index contributed by atoms with van der Waals surface area (Å²) in [6.07, 6.45) is 50.7. The van der Waals surface area contributed by atoms with E-state index in [-0.39, 0.29) is 25.7 Å². The second-order valence-corrected chi connectivity index (χ2v) is 27.6. The molecule has 0 aromatic carbocycles. The molecule has 17 nitrogen and oxygen atoms in total. The van der Waals surface area contributed by atoms with E-state index in [0.29, 0.717) is 25.7 Å². The summed E-state index contributed by atoms with van der Waals surface area (Å²) in [5, 5.41) is 10.6. The fraction of sp³-hybridized carbons (Fsp3) is 0.884. The third kappa shape index (κ3) is 62.4. The van der Waals surface area contributed by atoms with Crippen LogP contribution in [0.4, 0.5) is 0 Å². The summed E-state index contributed by atoms with van der Waals surface area (Å²) < 4.78 is 68.2. The van der Waals surface area contributed by atoms with Crippen LogP contribution in [0, 0.1) is 5.92 Å². The predicted octanol–water partition coefficient (Wildman–Crippen LogP) is 19.3. The molecule has 0 saturated carbocycles. The summed E-state index contributed by atoms with van der Waals surface area (Å²) in [5.41, 5.74) is 0. The van der Waals surface area contributed by atoms with E-state index in [4.69, 9.17) is 37.0 Å². The molecule has 0 amide bonds. The van der Waals surface area contributed by atoms with Crippen LogP contribution in [0.2, 0.25) is 0 Å². The molecule has 0 fully saturated rings. The Bertz CT molecular complexity index is 1800. The van der Waals surface area contributed by atoms with Gasteiger partial charge < -0.3 is 33.8 Å². The van der Waals surface area contributed by atoms with Gasteiger partial charge in [-0.15, -0.1) is 0 Å². The largest absolute Gasteiger partial charge is 0.472 e. The number of rotatable bonds is 67. The minimum atomic E-state index is -4.96. The van der Waals surface area contributed by atoms with Gasteiger partial charge in [-0.2, -0.15) is 0 Å². The fourth-order valence-corrected chi connectivity index (χ4v) is 11.5. The first kappa shape index (κ1) is 85.5. The average molecular weight is 1290 g/mol. The topological polar surface area (TPSA) is 237 Å². The molecular formula is C69H130O17P2. The maximum absolute atomic E-state index is 13.0. The lowest BCUT2D eigenvalue weighted by Crippen LogP contribution is -2.30. The van der Waals surface area contributed by atoms with Crippen molar-refractivity contribution in [2.75, 3.05) is 39.6 Å². The van der Waals surface area contributed by atoms with E-state index in [2.05, 4.69) is 58.9 Å². The molecule has 0 aliphatic heterocycles. The highest BCUT2D eigenvalue weighted by molar-refractivity contribution is 7.47. The van der Waals surface area contributed by atoms with E-state index in [1.54, 1.807) is 0 Å². The Morgan fingerprint density at radius 2 is 0.614 bits per heavy atom. The monoisotopic (exact) mass is 1290 g/mol. The van der Waals surface area contributed by atoms with Crippen molar-refractivity contribution in [2.45, 2.75) is 348 Å². The predicted molar refractivity (Wildman–Crippen MR) is 354 cm³/mol. The van der Waals surface area contributed by atoms with Crippen LogP contribution in [0.15, 0.2) is 24.3 Å². The lowest BCUT2D eigenvalue weighted by Gasteiger charge is -2.21. The van der Waals surface area contributed by atoms with Gasteiger partial charge in [0.05, 0.1) is 26.4 Å². The fourth-order valence-electron chi connectivity index (χ4n) is 9.93. The van der Waals surface area contributed by atoms with Crippen molar-refractivity contribution in [1.82, 2.24) is 0 Å². The smallest absolute Gasteiger partial charge is 0.462 e. The number of unbranched alkanes of at least 4 members (excludes halogenated alkanes) is 36. The third-order valence-corrected chi connectivity index (χ3v) is 17.3. The van der Waals surface area contributed by atoms with Crippen molar-refractivity contribution in [3.05, 3.63) is 24.3 Å². The van der Waals surface area contributed by atoms with Crippen LogP contribution >= 0.6 is 15.6 Å². The number of aliphatic hydroxyl groups excluding tert-OH is 1. The molecule has 19 heteroatoms. The quantitative estimate of drug-likeness (QED) is 0.0169. The summed E-state index contributed by atoms with van der Waals surface area (Å²) in [7, 11) is -9.91. The summed E-state index contributed by atoms with van der Waals surface area (Å²) in [5.74, 6) is -1.41. The van der Waals surface area contributed by atoms with Crippen molar-refractivity contribution in [3.63, 3.8) is 0 Å².